The third-order valence-electron chi connectivity index (χ3n) is 3.84. The zero-order chi connectivity index (χ0) is 17.6. The Hall–Kier alpha value is -2.48. The van der Waals surface area contributed by atoms with Crippen LogP contribution in [0.2, 0.25) is 0 Å². The minimum Gasteiger partial charge on any atom is -0.492 e. The van der Waals surface area contributed by atoms with Gasteiger partial charge in [0.15, 0.2) is 0 Å². The molecule has 0 radical (unpaired) electrons. The molecule has 0 spiro atoms. The van der Waals surface area contributed by atoms with Gasteiger partial charge in [0.25, 0.3) is 5.69 Å². The molecule has 3 rings (SSSR count). The minimum atomic E-state index is -0.496. The molecule has 0 aliphatic carbocycles. The molecule has 0 unspecified atom stereocenters. The van der Waals surface area contributed by atoms with Crippen molar-refractivity contribution in [2.45, 2.75) is 6.54 Å². The molecule has 27 heavy (non-hydrogen) atoms. The van der Waals surface area contributed by atoms with Crippen molar-refractivity contribution in [3.05, 3.63) is 76.2 Å². The topological polar surface area (TPSA) is 90.9 Å². The van der Waals surface area contributed by atoms with Gasteiger partial charge in [0.2, 0.25) is 0 Å². The molecule has 0 amide bonds. The molecule has 1 aliphatic rings. The van der Waals surface area contributed by atoms with E-state index >= 15 is 0 Å². The van der Waals surface area contributed by atoms with E-state index in [0.717, 1.165) is 13.1 Å². The molecule has 0 atom stereocenters. The largest absolute Gasteiger partial charge is 0.492 e. The fourth-order valence-corrected chi connectivity index (χ4v) is 2.58. The van der Waals surface area contributed by atoms with Crippen LogP contribution in [0.3, 0.4) is 0 Å². The summed E-state index contributed by atoms with van der Waals surface area (Å²) in [6.07, 6.45) is 1.51. The zero-order valence-electron chi connectivity index (χ0n) is 14.4. The van der Waals surface area contributed by atoms with Gasteiger partial charge < -0.3 is 15.2 Å². The van der Waals surface area contributed by atoms with Gasteiger partial charge in [0.05, 0.1) is 17.2 Å². The third-order valence-corrected chi connectivity index (χ3v) is 3.84. The van der Waals surface area contributed by atoms with Crippen molar-refractivity contribution in [3.8, 4) is 5.75 Å². The van der Waals surface area contributed by atoms with Gasteiger partial charge in [0, 0.05) is 25.2 Å². The number of halogens is 2. The third kappa shape index (κ3) is 6.32. The highest BCUT2D eigenvalue weighted by Gasteiger charge is 2.16. The van der Waals surface area contributed by atoms with Gasteiger partial charge in [-0.1, -0.05) is 30.3 Å². The molecule has 0 bridgehead atoms. The molecule has 1 saturated heterocycles. The first-order valence-corrected chi connectivity index (χ1v) is 7.90. The van der Waals surface area contributed by atoms with Crippen LogP contribution in [-0.4, -0.2) is 29.5 Å². The Bertz CT molecular complexity index is 787. The number of nitrogens with zero attached hydrogens (tertiary/aromatic N) is 2. The van der Waals surface area contributed by atoms with E-state index in [1.165, 1.54) is 30.0 Å². The highest BCUT2D eigenvalue weighted by atomic mass is 35.5. The SMILES string of the molecule is Cl.Cl.Nc1cc([N+](=O)[O-])ccc1OC=C1CN(Cc2ccccc2)CCO1. The number of nitrogen functional groups attached to an aromatic ring is 1. The van der Waals surface area contributed by atoms with Crippen LogP contribution in [0.25, 0.3) is 0 Å². The Labute approximate surface area is 169 Å². The second-order valence-electron chi connectivity index (χ2n) is 5.73. The number of hydrogen-bond donors (Lipinski definition) is 1. The highest BCUT2D eigenvalue weighted by molar-refractivity contribution is 5.85. The van der Waals surface area contributed by atoms with Crippen LogP contribution in [0.1, 0.15) is 5.56 Å². The summed E-state index contributed by atoms with van der Waals surface area (Å²) in [5.74, 6) is 1.06. The predicted molar refractivity (Wildman–Crippen MR) is 108 cm³/mol. The van der Waals surface area contributed by atoms with E-state index in [2.05, 4.69) is 17.0 Å². The number of morpholine rings is 1. The van der Waals surface area contributed by atoms with Crippen LogP contribution in [0, 0.1) is 10.1 Å². The molecule has 9 heteroatoms. The van der Waals surface area contributed by atoms with E-state index in [1.54, 1.807) is 0 Å². The number of rotatable bonds is 5. The number of non-ortho nitro benzene ring substituents is 1. The standard InChI is InChI=1S/C18H19N3O4.2ClH/c19-17-10-15(21(22)23)6-7-18(17)25-13-16-12-20(8-9-24-16)11-14-4-2-1-3-5-14;;/h1-7,10,13H,8-9,11-12,19H2;2*1H. The Morgan fingerprint density at radius 3 is 2.63 bits per heavy atom. The lowest BCUT2D eigenvalue weighted by molar-refractivity contribution is -0.384. The number of benzene rings is 2. The number of nitro benzene ring substituents is 1. The van der Waals surface area contributed by atoms with Gasteiger partial charge in [-0.15, -0.1) is 24.8 Å². The summed E-state index contributed by atoms with van der Waals surface area (Å²) in [7, 11) is 0. The van der Waals surface area contributed by atoms with Crippen molar-refractivity contribution in [2.24, 2.45) is 0 Å². The summed E-state index contributed by atoms with van der Waals surface area (Å²) in [5.41, 5.74) is 7.18. The predicted octanol–water partition coefficient (Wildman–Crippen LogP) is 3.77. The minimum absolute atomic E-state index is 0. The number of nitrogens with two attached hydrogens (primary N) is 1. The summed E-state index contributed by atoms with van der Waals surface area (Å²) in [6.45, 7) is 2.88. The van der Waals surface area contributed by atoms with Gasteiger partial charge >= 0.3 is 0 Å². The van der Waals surface area contributed by atoms with Crippen LogP contribution in [0.5, 0.6) is 5.75 Å². The molecule has 0 saturated carbocycles. The Morgan fingerprint density at radius 1 is 1.22 bits per heavy atom. The zero-order valence-corrected chi connectivity index (χ0v) is 16.1. The first kappa shape index (κ1) is 22.6. The van der Waals surface area contributed by atoms with Crippen LogP contribution < -0.4 is 10.5 Å². The van der Waals surface area contributed by atoms with E-state index in [-0.39, 0.29) is 36.2 Å². The molecule has 146 valence electrons. The lowest BCUT2D eigenvalue weighted by Gasteiger charge is -2.28. The average molecular weight is 414 g/mol. The van der Waals surface area contributed by atoms with E-state index in [4.69, 9.17) is 15.2 Å². The van der Waals surface area contributed by atoms with E-state index in [0.29, 0.717) is 24.7 Å². The molecule has 2 N–H and O–H groups in total. The maximum atomic E-state index is 10.7. The van der Waals surface area contributed by atoms with Gasteiger partial charge in [0.1, 0.15) is 24.4 Å². The molecular weight excluding hydrogens is 393 g/mol. The van der Waals surface area contributed by atoms with Crippen molar-refractivity contribution in [1.82, 2.24) is 4.90 Å². The Kier molecular flexibility index (Phi) is 8.87. The molecule has 1 aliphatic heterocycles. The van der Waals surface area contributed by atoms with E-state index < -0.39 is 4.92 Å². The average Bonchev–Trinajstić information content (AvgIpc) is 2.62. The molecule has 1 fully saturated rings. The number of hydrogen-bond acceptors (Lipinski definition) is 6. The van der Waals surface area contributed by atoms with Crippen molar-refractivity contribution >= 4 is 36.2 Å². The highest BCUT2D eigenvalue weighted by Crippen LogP contribution is 2.27. The number of anilines is 1. The van der Waals surface area contributed by atoms with Gasteiger partial charge in [-0.05, 0) is 11.6 Å². The number of ether oxygens (including phenoxy) is 2. The van der Waals surface area contributed by atoms with Crippen LogP contribution >= 0.6 is 24.8 Å². The fourth-order valence-electron chi connectivity index (χ4n) is 2.58. The molecule has 2 aromatic rings. The van der Waals surface area contributed by atoms with Crippen LogP contribution in [-0.2, 0) is 11.3 Å². The lowest BCUT2D eigenvalue weighted by atomic mass is 10.2. The quantitative estimate of drug-likeness (QED) is 0.347. The first-order chi connectivity index (χ1) is 12.1. The van der Waals surface area contributed by atoms with Gasteiger partial charge in [-0.2, -0.15) is 0 Å². The van der Waals surface area contributed by atoms with Crippen molar-refractivity contribution in [1.29, 1.82) is 0 Å². The van der Waals surface area contributed by atoms with E-state index in [9.17, 15) is 10.1 Å². The maximum absolute atomic E-state index is 10.7. The molecule has 0 aromatic heterocycles. The lowest BCUT2D eigenvalue weighted by Crippen LogP contribution is -2.34. The number of nitro groups is 1. The molecule has 1 heterocycles. The molecule has 2 aromatic carbocycles. The van der Waals surface area contributed by atoms with Crippen LogP contribution in [0.4, 0.5) is 11.4 Å². The summed E-state index contributed by atoms with van der Waals surface area (Å²) in [6, 6.07) is 14.3. The second kappa shape index (κ2) is 10.6. The molecular formula is C18H21Cl2N3O4. The Morgan fingerprint density at radius 2 is 1.96 bits per heavy atom. The van der Waals surface area contributed by atoms with Crippen molar-refractivity contribution in [3.63, 3.8) is 0 Å². The summed E-state index contributed by atoms with van der Waals surface area (Å²) < 4.78 is 11.2. The monoisotopic (exact) mass is 413 g/mol. The summed E-state index contributed by atoms with van der Waals surface area (Å²) >= 11 is 0. The summed E-state index contributed by atoms with van der Waals surface area (Å²) in [4.78, 5) is 12.5. The van der Waals surface area contributed by atoms with Crippen LogP contribution in [0.15, 0.2) is 60.6 Å². The van der Waals surface area contributed by atoms with E-state index in [1.807, 2.05) is 18.2 Å². The summed E-state index contributed by atoms with van der Waals surface area (Å²) in [5, 5.41) is 10.7. The van der Waals surface area contributed by atoms with Crippen molar-refractivity contribution in [2.75, 3.05) is 25.4 Å². The first-order valence-electron chi connectivity index (χ1n) is 7.90. The fraction of sp³-hybridized carbons (Fsp3) is 0.222. The van der Waals surface area contributed by atoms with Crippen molar-refractivity contribution < 1.29 is 14.4 Å². The smallest absolute Gasteiger partial charge is 0.271 e. The molecule has 7 nitrogen and oxygen atoms in total. The Balaban J connectivity index is 0.00000182. The van der Waals surface area contributed by atoms with Gasteiger partial charge in [-0.25, -0.2) is 0 Å². The normalized spacial score (nSPS) is 15.2. The second-order valence-corrected chi connectivity index (χ2v) is 5.73. The van der Waals surface area contributed by atoms with Gasteiger partial charge in [-0.3, -0.25) is 15.0 Å². The maximum Gasteiger partial charge on any atom is 0.271 e.